The number of carbonyl (C=O) groups is 1. The number of ether oxygens (including phenoxy) is 1. The molecule has 250 valence electrons. The molecular formula is C40H50B2N2O4. The Morgan fingerprint density at radius 2 is 1.25 bits per heavy atom. The normalized spacial score (nSPS) is 17.5. The van der Waals surface area contributed by atoms with Gasteiger partial charge < -0.3 is 23.7 Å². The third-order valence-electron chi connectivity index (χ3n) is 10.2. The Balaban J connectivity index is 1.83. The lowest BCUT2D eigenvalue weighted by Gasteiger charge is -2.37. The Kier molecular flexibility index (Phi) is 9.66. The second-order valence-electron chi connectivity index (χ2n) is 14.6. The van der Waals surface area contributed by atoms with Crippen LogP contribution in [0, 0.1) is 55.4 Å². The second kappa shape index (κ2) is 13.1. The molecule has 2 aliphatic rings. The summed E-state index contributed by atoms with van der Waals surface area (Å²) in [5.41, 5.74) is 13.1. The number of methoxy groups -OCH3 is 1. The molecule has 0 aliphatic carbocycles. The second-order valence-corrected chi connectivity index (χ2v) is 14.6. The van der Waals surface area contributed by atoms with Crippen LogP contribution in [-0.4, -0.2) is 43.2 Å². The van der Waals surface area contributed by atoms with Crippen molar-refractivity contribution in [2.45, 2.75) is 94.3 Å². The molecule has 3 aromatic carbocycles. The monoisotopic (exact) mass is 644 g/mol. The van der Waals surface area contributed by atoms with Gasteiger partial charge in [0.1, 0.15) is 0 Å². The minimum absolute atomic E-state index is 0.192. The zero-order valence-electron chi connectivity index (χ0n) is 31.0. The summed E-state index contributed by atoms with van der Waals surface area (Å²) in [4.78, 5) is 17.4. The highest BCUT2D eigenvalue weighted by Gasteiger charge is 2.54. The van der Waals surface area contributed by atoms with Crippen LogP contribution >= 0.6 is 0 Å². The zero-order chi connectivity index (χ0) is 35.3. The van der Waals surface area contributed by atoms with Crippen molar-refractivity contribution >= 4 is 36.7 Å². The fraction of sp³-hybridized carbons (Fsp3) is 0.375. The summed E-state index contributed by atoms with van der Waals surface area (Å²) in [6.07, 6.45) is 7.87. The van der Waals surface area contributed by atoms with Crippen LogP contribution in [0.1, 0.15) is 72.2 Å². The molecule has 3 aromatic rings. The molecule has 0 unspecified atom stereocenters. The van der Waals surface area contributed by atoms with Gasteiger partial charge in [-0.2, -0.15) is 0 Å². The standard InChI is InChI=1S/C40H50B2N2O4/c1-25-19-29(5)35(30(6)20-25)41(36-31(7)21-26(2)22-32(36)8)43-18-17-33(38(45)46-13)23-34(43)24-44(37-27(3)15-14-16-28(37)4)42-47-39(9,10)40(11,12)48-42/h14-24H,1-13H3/b34-24+. The number of esters is 1. The van der Waals surface area contributed by atoms with Crippen molar-refractivity contribution < 1.29 is 18.8 Å². The van der Waals surface area contributed by atoms with E-state index in [1.54, 1.807) is 0 Å². The van der Waals surface area contributed by atoms with Gasteiger partial charge in [0.25, 0.3) is 0 Å². The van der Waals surface area contributed by atoms with E-state index in [0.717, 1.165) is 22.5 Å². The molecule has 48 heavy (non-hydrogen) atoms. The number of carbonyl (C=O) groups excluding carboxylic acids is 1. The maximum Gasteiger partial charge on any atom is 0.598 e. The molecule has 0 atom stereocenters. The number of nitrogens with zero attached hydrogens (tertiary/aromatic N) is 2. The van der Waals surface area contributed by atoms with Gasteiger partial charge in [-0.3, -0.25) is 0 Å². The first-order valence-electron chi connectivity index (χ1n) is 16.8. The van der Waals surface area contributed by atoms with Crippen molar-refractivity contribution in [1.82, 2.24) is 4.81 Å². The van der Waals surface area contributed by atoms with E-state index in [9.17, 15) is 4.79 Å². The Bertz CT molecular complexity index is 1720. The number of aryl methyl sites for hydroxylation is 8. The molecule has 0 radical (unpaired) electrons. The number of benzene rings is 3. The summed E-state index contributed by atoms with van der Waals surface area (Å²) in [5, 5.41) is 0. The first kappa shape index (κ1) is 35.3. The van der Waals surface area contributed by atoms with Gasteiger partial charge in [-0.05, 0) is 123 Å². The molecule has 8 heteroatoms. The molecule has 5 rings (SSSR count). The maximum absolute atomic E-state index is 13.1. The lowest BCUT2D eigenvalue weighted by atomic mass is 9.45. The minimum Gasteiger partial charge on any atom is -0.465 e. The number of para-hydroxylation sites is 1. The van der Waals surface area contributed by atoms with E-state index in [0.29, 0.717) is 5.57 Å². The largest absolute Gasteiger partial charge is 0.598 e. The molecule has 0 N–H and O–H groups in total. The number of rotatable bonds is 7. The molecule has 0 bridgehead atoms. The van der Waals surface area contributed by atoms with E-state index in [1.165, 1.54) is 51.4 Å². The number of hydrogen-bond donors (Lipinski definition) is 0. The minimum atomic E-state index is -0.714. The molecule has 0 aromatic heterocycles. The molecule has 0 spiro atoms. The molecular weight excluding hydrogens is 594 g/mol. The Morgan fingerprint density at radius 3 is 1.69 bits per heavy atom. The van der Waals surface area contributed by atoms with Gasteiger partial charge in [0, 0.05) is 17.6 Å². The van der Waals surface area contributed by atoms with E-state index in [1.807, 2.05) is 18.4 Å². The van der Waals surface area contributed by atoms with Gasteiger partial charge >= 0.3 is 20.1 Å². The fourth-order valence-electron chi connectivity index (χ4n) is 7.29. The average Bonchev–Trinajstić information content (AvgIpc) is 3.20. The van der Waals surface area contributed by atoms with Gasteiger partial charge in [-0.1, -0.05) is 75.8 Å². The molecule has 6 nitrogen and oxygen atoms in total. The third-order valence-corrected chi connectivity index (χ3v) is 10.2. The van der Waals surface area contributed by atoms with Crippen LogP contribution in [0.25, 0.3) is 0 Å². The van der Waals surface area contributed by atoms with Crippen molar-refractivity contribution in [1.29, 1.82) is 0 Å². The van der Waals surface area contributed by atoms with E-state index in [-0.39, 0.29) is 6.85 Å². The molecule has 1 fully saturated rings. The summed E-state index contributed by atoms with van der Waals surface area (Å²) >= 11 is 0. The van der Waals surface area contributed by atoms with Crippen LogP contribution in [0.4, 0.5) is 5.69 Å². The van der Waals surface area contributed by atoms with Crippen LogP contribution in [0.3, 0.4) is 0 Å². The lowest BCUT2D eigenvalue weighted by molar-refractivity contribution is -0.135. The number of allylic oxidation sites excluding steroid dienone is 1. The van der Waals surface area contributed by atoms with E-state index >= 15 is 0 Å². The molecule has 2 aliphatic heterocycles. The third kappa shape index (κ3) is 6.53. The predicted octanol–water partition coefficient (Wildman–Crippen LogP) is 7.13. The highest BCUT2D eigenvalue weighted by atomic mass is 16.7. The van der Waals surface area contributed by atoms with Gasteiger partial charge in [0.15, 0.2) is 0 Å². The van der Waals surface area contributed by atoms with E-state index in [4.69, 9.17) is 14.0 Å². The van der Waals surface area contributed by atoms with Crippen molar-refractivity contribution in [3.63, 3.8) is 0 Å². The van der Waals surface area contributed by atoms with E-state index in [2.05, 4.69) is 141 Å². The Labute approximate surface area is 288 Å². The van der Waals surface area contributed by atoms with Crippen LogP contribution < -0.4 is 15.7 Å². The van der Waals surface area contributed by atoms with Crippen molar-refractivity contribution in [3.8, 4) is 0 Å². The van der Waals surface area contributed by atoms with Crippen LogP contribution in [0.2, 0.25) is 0 Å². The molecule has 0 saturated carbocycles. The van der Waals surface area contributed by atoms with Gasteiger partial charge in [0.2, 0.25) is 0 Å². The van der Waals surface area contributed by atoms with Crippen LogP contribution in [-0.2, 0) is 18.8 Å². The summed E-state index contributed by atoms with van der Waals surface area (Å²) in [7, 11) is 0.704. The van der Waals surface area contributed by atoms with Crippen molar-refractivity contribution in [3.05, 3.63) is 123 Å². The Hall–Kier alpha value is -4.00. The fourth-order valence-corrected chi connectivity index (χ4v) is 7.29. The predicted molar refractivity (Wildman–Crippen MR) is 200 cm³/mol. The van der Waals surface area contributed by atoms with Crippen molar-refractivity contribution in [2.24, 2.45) is 0 Å². The smallest absolute Gasteiger partial charge is 0.465 e. The first-order valence-corrected chi connectivity index (χ1v) is 16.8. The summed E-state index contributed by atoms with van der Waals surface area (Å²) in [6.45, 7) is 25.4. The van der Waals surface area contributed by atoms with Crippen LogP contribution in [0.15, 0.2) is 78.3 Å². The highest BCUT2D eigenvalue weighted by molar-refractivity contribution is 6.84. The topological polar surface area (TPSA) is 51.2 Å². The number of hydrogen-bond acceptors (Lipinski definition) is 6. The van der Waals surface area contributed by atoms with Gasteiger partial charge in [-0.15, -0.1) is 0 Å². The average molecular weight is 644 g/mol. The summed E-state index contributed by atoms with van der Waals surface area (Å²) in [5.74, 6) is -0.395. The summed E-state index contributed by atoms with van der Waals surface area (Å²) < 4.78 is 18.6. The SMILES string of the molecule is COC(=O)C1=C/C(=C\N(B2OC(C)(C)C(C)(C)O2)c2c(C)cccc2C)N(B(c2c(C)cc(C)cc2C)c2c(C)cc(C)cc2C)C=C1. The molecule has 2 heterocycles. The molecule has 0 amide bonds. The van der Waals surface area contributed by atoms with Crippen molar-refractivity contribution in [2.75, 3.05) is 11.9 Å². The Morgan fingerprint density at radius 1 is 0.792 bits per heavy atom. The summed E-state index contributed by atoms with van der Waals surface area (Å²) in [6, 6.07) is 15.3. The highest BCUT2D eigenvalue weighted by Crippen LogP contribution is 2.40. The first-order chi connectivity index (χ1) is 22.5. The quantitative estimate of drug-likeness (QED) is 0.202. The number of anilines is 1. The van der Waals surface area contributed by atoms with E-state index < -0.39 is 24.4 Å². The van der Waals surface area contributed by atoms with Gasteiger partial charge in [0.05, 0.1) is 23.9 Å². The van der Waals surface area contributed by atoms with Crippen LogP contribution in [0.5, 0.6) is 0 Å². The maximum atomic E-state index is 13.1. The zero-order valence-corrected chi connectivity index (χ0v) is 31.0. The lowest BCUT2D eigenvalue weighted by Crippen LogP contribution is -2.58. The molecule has 1 saturated heterocycles. The van der Waals surface area contributed by atoms with Gasteiger partial charge in [-0.25, -0.2) is 4.79 Å².